The largest absolute Gasteiger partial charge is 0.379 e. The van der Waals surface area contributed by atoms with Gasteiger partial charge in [0, 0.05) is 31.7 Å². The summed E-state index contributed by atoms with van der Waals surface area (Å²) < 4.78 is 5.34. The van der Waals surface area contributed by atoms with Gasteiger partial charge in [-0.3, -0.25) is 9.69 Å². The van der Waals surface area contributed by atoms with Crippen LogP contribution >= 0.6 is 0 Å². The molecule has 1 aromatic carbocycles. The van der Waals surface area contributed by atoms with E-state index in [0.717, 1.165) is 51.4 Å². The number of nitrogens with two attached hydrogens (primary N) is 1. The van der Waals surface area contributed by atoms with Crippen molar-refractivity contribution >= 4 is 11.6 Å². The summed E-state index contributed by atoms with van der Waals surface area (Å²) in [4.78, 5) is 14.1. The zero-order valence-electron chi connectivity index (χ0n) is 12.5. The Balaban J connectivity index is 1.77. The Bertz CT molecular complexity index is 428. The van der Waals surface area contributed by atoms with Gasteiger partial charge in [-0.25, -0.2) is 0 Å². The standard InChI is InChI=1S/C16H25N3O2/c17-8-2-1-3-16(20)18-15-6-4-14(5-7-15)13-19-9-11-21-12-10-19/h4-7H,1-3,8-13,17H2,(H,18,20). The zero-order chi connectivity index (χ0) is 14.9. The third kappa shape index (κ3) is 5.83. The van der Waals surface area contributed by atoms with Crippen molar-refractivity contribution in [2.75, 3.05) is 38.2 Å². The van der Waals surface area contributed by atoms with E-state index in [1.54, 1.807) is 0 Å². The van der Waals surface area contributed by atoms with Gasteiger partial charge >= 0.3 is 0 Å². The van der Waals surface area contributed by atoms with Crippen LogP contribution in [0.3, 0.4) is 0 Å². The van der Waals surface area contributed by atoms with Gasteiger partial charge in [0.1, 0.15) is 0 Å². The topological polar surface area (TPSA) is 67.6 Å². The highest BCUT2D eigenvalue weighted by Gasteiger charge is 2.10. The van der Waals surface area contributed by atoms with E-state index in [1.807, 2.05) is 12.1 Å². The number of unbranched alkanes of at least 4 members (excludes halogenated alkanes) is 1. The maximum absolute atomic E-state index is 11.7. The van der Waals surface area contributed by atoms with Crippen LogP contribution in [0, 0.1) is 0 Å². The maximum atomic E-state index is 11.7. The van der Waals surface area contributed by atoms with Crippen LogP contribution in [0.25, 0.3) is 0 Å². The number of hydrogen-bond donors (Lipinski definition) is 2. The van der Waals surface area contributed by atoms with Gasteiger partial charge in [0.25, 0.3) is 0 Å². The smallest absolute Gasteiger partial charge is 0.224 e. The Morgan fingerprint density at radius 3 is 2.57 bits per heavy atom. The van der Waals surface area contributed by atoms with E-state index < -0.39 is 0 Å². The van der Waals surface area contributed by atoms with Crippen molar-refractivity contribution in [3.63, 3.8) is 0 Å². The molecule has 0 atom stereocenters. The first-order valence-corrected chi connectivity index (χ1v) is 7.67. The summed E-state index contributed by atoms with van der Waals surface area (Å²) in [6.07, 6.45) is 2.27. The molecule has 1 aromatic rings. The van der Waals surface area contributed by atoms with Crippen molar-refractivity contribution in [2.45, 2.75) is 25.8 Å². The molecule has 2 rings (SSSR count). The number of ether oxygens (including phenoxy) is 1. The molecule has 0 aromatic heterocycles. The fourth-order valence-corrected chi connectivity index (χ4v) is 2.36. The van der Waals surface area contributed by atoms with Gasteiger partial charge < -0.3 is 15.8 Å². The van der Waals surface area contributed by atoms with Gasteiger partial charge in [-0.05, 0) is 37.1 Å². The predicted octanol–water partition coefficient (Wildman–Crippen LogP) is 1.59. The summed E-state index contributed by atoms with van der Waals surface area (Å²) in [6.45, 7) is 5.19. The minimum atomic E-state index is 0.0596. The van der Waals surface area contributed by atoms with E-state index in [9.17, 15) is 4.79 Å². The molecule has 0 unspecified atom stereocenters. The summed E-state index contributed by atoms with van der Waals surface area (Å²) in [5, 5.41) is 2.92. The fraction of sp³-hybridized carbons (Fsp3) is 0.562. The zero-order valence-corrected chi connectivity index (χ0v) is 12.5. The van der Waals surface area contributed by atoms with Crippen LogP contribution in [-0.2, 0) is 16.1 Å². The van der Waals surface area contributed by atoms with Gasteiger partial charge in [0.15, 0.2) is 0 Å². The number of hydrogen-bond acceptors (Lipinski definition) is 4. The molecule has 5 heteroatoms. The number of nitrogens with zero attached hydrogens (tertiary/aromatic N) is 1. The molecule has 0 saturated carbocycles. The van der Waals surface area contributed by atoms with E-state index in [4.69, 9.17) is 10.5 Å². The molecule has 1 aliphatic rings. The van der Waals surface area contributed by atoms with Crippen LogP contribution in [0.5, 0.6) is 0 Å². The number of benzene rings is 1. The quantitative estimate of drug-likeness (QED) is 0.749. The second kappa shape index (κ2) is 8.77. The third-order valence-corrected chi connectivity index (χ3v) is 3.61. The first-order chi connectivity index (χ1) is 10.3. The Labute approximate surface area is 126 Å². The average molecular weight is 291 g/mol. The second-order valence-corrected chi connectivity index (χ2v) is 5.38. The Hall–Kier alpha value is -1.43. The Morgan fingerprint density at radius 2 is 1.90 bits per heavy atom. The molecule has 1 aliphatic heterocycles. The lowest BCUT2D eigenvalue weighted by Crippen LogP contribution is -2.35. The number of amides is 1. The predicted molar refractivity (Wildman–Crippen MR) is 84.1 cm³/mol. The monoisotopic (exact) mass is 291 g/mol. The summed E-state index contributed by atoms with van der Waals surface area (Å²) in [5.74, 6) is 0.0596. The first kappa shape index (κ1) is 15.9. The van der Waals surface area contributed by atoms with Crippen molar-refractivity contribution in [3.8, 4) is 0 Å². The molecule has 0 aliphatic carbocycles. The summed E-state index contributed by atoms with van der Waals surface area (Å²) in [5.41, 5.74) is 7.54. The molecule has 116 valence electrons. The summed E-state index contributed by atoms with van der Waals surface area (Å²) >= 11 is 0. The van der Waals surface area contributed by atoms with Crippen LogP contribution in [0.1, 0.15) is 24.8 Å². The number of morpholine rings is 1. The van der Waals surface area contributed by atoms with E-state index in [-0.39, 0.29) is 5.91 Å². The minimum absolute atomic E-state index is 0.0596. The van der Waals surface area contributed by atoms with E-state index in [1.165, 1.54) is 5.56 Å². The molecule has 0 spiro atoms. The van der Waals surface area contributed by atoms with E-state index in [2.05, 4.69) is 22.3 Å². The fourth-order valence-electron chi connectivity index (χ4n) is 2.36. The molecular weight excluding hydrogens is 266 g/mol. The van der Waals surface area contributed by atoms with Crippen LogP contribution in [-0.4, -0.2) is 43.7 Å². The van der Waals surface area contributed by atoms with Crippen molar-refractivity contribution in [2.24, 2.45) is 5.73 Å². The van der Waals surface area contributed by atoms with E-state index in [0.29, 0.717) is 13.0 Å². The molecule has 0 radical (unpaired) electrons. The second-order valence-electron chi connectivity index (χ2n) is 5.38. The van der Waals surface area contributed by atoms with Gasteiger partial charge in [-0.2, -0.15) is 0 Å². The van der Waals surface area contributed by atoms with Crippen molar-refractivity contribution in [1.82, 2.24) is 4.90 Å². The summed E-state index contributed by atoms with van der Waals surface area (Å²) in [7, 11) is 0. The van der Waals surface area contributed by atoms with Crippen molar-refractivity contribution in [3.05, 3.63) is 29.8 Å². The lowest BCUT2D eigenvalue weighted by molar-refractivity contribution is -0.116. The number of rotatable bonds is 7. The number of nitrogens with one attached hydrogen (secondary N) is 1. The van der Waals surface area contributed by atoms with E-state index >= 15 is 0 Å². The molecule has 3 N–H and O–H groups in total. The molecule has 1 heterocycles. The molecule has 21 heavy (non-hydrogen) atoms. The van der Waals surface area contributed by atoms with Crippen molar-refractivity contribution < 1.29 is 9.53 Å². The Morgan fingerprint density at radius 1 is 1.19 bits per heavy atom. The molecule has 0 bridgehead atoms. The lowest BCUT2D eigenvalue weighted by Gasteiger charge is -2.26. The highest BCUT2D eigenvalue weighted by atomic mass is 16.5. The van der Waals surface area contributed by atoms with Gasteiger partial charge in [-0.15, -0.1) is 0 Å². The average Bonchev–Trinajstić information content (AvgIpc) is 2.51. The third-order valence-electron chi connectivity index (χ3n) is 3.61. The molecule has 1 saturated heterocycles. The number of carbonyl (C=O) groups excluding carboxylic acids is 1. The van der Waals surface area contributed by atoms with Crippen LogP contribution in [0.2, 0.25) is 0 Å². The van der Waals surface area contributed by atoms with Gasteiger partial charge in [-0.1, -0.05) is 12.1 Å². The molecular formula is C16H25N3O2. The van der Waals surface area contributed by atoms with Crippen LogP contribution < -0.4 is 11.1 Å². The summed E-state index contributed by atoms with van der Waals surface area (Å²) in [6, 6.07) is 8.09. The highest BCUT2D eigenvalue weighted by molar-refractivity contribution is 5.90. The number of carbonyl (C=O) groups is 1. The first-order valence-electron chi connectivity index (χ1n) is 7.67. The Kier molecular flexibility index (Phi) is 6.66. The molecule has 1 amide bonds. The normalized spacial score (nSPS) is 15.9. The lowest BCUT2D eigenvalue weighted by atomic mass is 10.1. The minimum Gasteiger partial charge on any atom is -0.379 e. The number of anilines is 1. The SMILES string of the molecule is NCCCCC(=O)Nc1ccc(CN2CCOCC2)cc1. The molecule has 1 fully saturated rings. The van der Waals surface area contributed by atoms with Crippen molar-refractivity contribution in [1.29, 1.82) is 0 Å². The maximum Gasteiger partial charge on any atom is 0.224 e. The molecule has 5 nitrogen and oxygen atoms in total. The van der Waals surface area contributed by atoms with Gasteiger partial charge in [0.2, 0.25) is 5.91 Å². The van der Waals surface area contributed by atoms with Crippen LogP contribution in [0.4, 0.5) is 5.69 Å². The van der Waals surface area contributed by atoms with Gasteiger partial charge in [0.05, 0.1) is 13.2 Å². The van der Waals surface area contributed by atoms with Crippen LogP contribution in [0.15, 0.2) is 24.3 Å². The highest BCUT2D eigenvalue weighted by Crippen LogP contribution is 2.13.